The normalized spacial score (nSPS) is 10.1. The van der Waals surface area contributed by atoms with E-state index >= 15 is 0 Å². The molecule has 0 radical (unpaired) electrons. The van der Waals surface area contributed by atoms with Crippen LogP contribution in [0.2, 0.25) is 0 Å². The van der Waals surface area contributed by atoms with Gasteiger partial charge in [0.25, 0.3) is 0 Å². The number of nitrogens with two attached hydrogens (primary N) is 1. The van der Waals surface area contributed by atoms with Crippen LogP contribution < -0.4 is 11.3 Å². The van der Waals surface area contributed by atoms with Gasteiger partial charge in [-0.1, -0.05) is 13.8 Å². The van der Waals surface area contributed by atoms with Crippen LogP contribution in [0, 0.1) is 45.7 Å². The van der Waals surface area contributed by atoms with Crippen molar-refractivity contribution in [1.29, 1.82) is 0 Å². The van der Waals surface area contributed by atoms with Crippen molar-refractivity contribution in [3.8, 4) is 17.1 Å². The predicted molar refractivity (Wildman–Crippen MR) is 178 cm³/mol. The molecule has 17 heteroatoms. The summed E-state index contributed by atoms with van der Waals surface area (Å²) in [7, 11) is 0. The number of Topliss-reactive ketones (excluding diaryl/α,β-unsaturated/α-hetero) is 2. The van der Waals surface area contributed by atoms with E-state index in [0.29, 0.717) is 41.4 Å². The molecule has 0 aliphatic heterocycles. The summed E-state index contributed by atoms with van der Waals surface area (Å²) in [5.74, 6) is 5.24. The van der Waals surface area contributed by atoms with Gasteiger partial charge in [-0.3, -0.25) is 35.7 Å². The average Bonchev–Trinajstić information content (AvgIpc) is 3.81. The lowest BCUT2D eigenvalue weighted by Gasteiger charge is -2.06. The van der Waals surface area contributed by atoms with Crippen molar-refractivity contribution in [3.63, 3.8) is 0 Å². The van der Waals surface area contributed by atoms with Crippen molar-refractivity contribution in [1.82, 2.24) is 9.78 Å². The summed E-state index contributed by atoms with van der Waals surface area (Å²) < 4.78 is 38.4. The minimum absolute atomic E-state index is 0. The van der Waals surface area contributed by atoms with Crippen molar-refractivity contribution in [2.75, 3.05) is 5.43 Å². The molecule has 5 rings (SSSR count). The molecule has 0 amide bonds. The van der Waals surface area contributed by atoms with E-state index in [4.69, 9.17) is 14.7 Å². The smallest absolute Gasteiger partial charge is 0.306 e. The van der Waals surface area contributed by atoms with E-state index in [9.17, 15) is 38.6 Å². The van der Waals surface area contributed by atoms with E-state index < -0.39 is 32.9 Å². The molecule has 3 heterocycles. The molecule has 0 unspecified atom stereocenters. The average molecular weight is 703 g/mol. The first-order valence-corrected chi connectivity index (χ1v) is 14.4. The van der Waals surface area contributed by atoms with Crippen LogP contribution in [0.4, 0.5) is 25.8 Å². The summed E-state index contributed by atoms with van der Waals surface area (Å²) >= 11 is 0. The first-order chi connectivity index (χ1) is 22.8. The van der Waals surface area contributed by atoms with Crippen molar-refractivity contribution in [3.05, 3.63) is 122 Å². The maximum absolute atomic E-state index is 13.5. The topological polar surface area (TPSA) is 203 Å². The SMILES string of the molecule is CCC(=O)CC(=O)c1ccc(C)o1.CCc1cc(-c2ccc(C)o2)n(-c2ccc(F)c([N+](=O)[O-])c2)n1.Cl.NNc1ccc(F)c([N+](=O)[O-])c1. The predicted octanol–water partition coefficient (Wildman–Crippen LogP) is 7.63. The molecule has 0 atom stereocenters. The third-order valence-electron chi connectivity index (χ3n) is 6.56. The fourth-order valence-corrected chi connectivity index (χ4v) is 4.04. The molecule has 5 aromatic rings. The van der Waals surface area contributed by atoms with E-state index in [1.165, 1.54) is 22.9 Å². The molecule has 0 fully saturated rings. The van der Waals surface area contributed by atoms with Crippen LogP contribution in [0.25, 0.3) is 17.1 Å². The fraction of sp³-hybridized carbons (Fsp3) is 0.219. The Hall–Kier alpha value is -5.74. The maximum Gasteiger partial charge on any atom is 0.306 e. The van der Waals surface area contributed by atoms with Crippen LogP contribution >= 0.6 is 12.4 Å². The van der Waals surface area contributed by atoms with Crippen molar-refractivity contribution < 1.29 is 37.1 Å². The van der Waals surface area contributed by atoms with Gasteiger partial charge in [0.05, 0.1) is 33.3 Å². The largest absolute Gasteiger partial charge is 0.460 e. The lowest BCUT2D eigenvalue weighted by atomic mass is 10.1. The Morgan fingerprint density at radius 2 is 1.47 bits per heavy atom. The minimum Gasteiger partial charge on any atom is -0.460 e. The number of nitro groups is 2. The summed E-state index contributed by atoms with van der Waals surface area (Å²) in [6.45, 7) is 7.28. The zero-order valence-corrected chi connectivity index (χ0v) is 27.6. The van der Waals surface area contributed by atoms with Crippen molar-refractivity contribution in [2.45, 2.75) is 47.0 Å². The number of ketones is 2. The highest BCUT2D eigenvalue weighted by Gasteiger charge is 2.19. The van der Waals surface area contributed by atoms with E-state index in [1.807, 2.05) is 26.0 Å². The molecule has 14 nitrogen and oxygen atoms in total. The van der Waals surface area contributed by atoms with Gasteiger partial charge in [-0.2, -0.15) is 13.9 Å². The number of anilines is 1. The number of nitrogen functional groups attached to an aromatic ring is 1. The van der Waals surface area contributed by atoms with E-state index in [1.54, 1.807) is 32.0 Å². The highest BCUT2D eigenvalue weighted by atomic mass is 35.5. The number of carbonyl (C=O) groups excluding carboxylic acids is 2. The number of hydrazine groups is 1. The first-order valence-electron chi connectivity index (χ1n) is 14.4. The maximum atomic E-state index is 13.5. The number of aryl methyl sites for hydroxylation is 3. The summed E-state index contributed by atoms with van der Waals surface area (Å²) in [6, 6.07) is 15.8. The molecule has 3 aromatic heterocycles. The lowest BCUT2D eigenvalue weighted by Crippen LogP contribution is -2.07. The van der Waals surface area contributed by atoms with E-state index in [-0.39, 0.29) is 36.2 Å². The summed E-state index contributed by atoms with van der Waals surface area (Å²) in [6.07, 6.45) is 1.04. The van der Waals surface area contributed by atoms with Crippen LogP contribution in [0.15, 0.2) is 75.6 Å². The van der Waals surface area contributed by atoms with Crippen molar-refractivity contribution >= 4 is 41.0 Å². The number of nitrogens with zero attached hydrogens (tertiary/aromatic N) is 4. The Morgan fingerprint density at radius 1 is 0.878 bits per heavy atom. The molecule has 0 bridgehead atoms. The zero-order valence-electron chi connectivity index (χ0n) is 26.8. The van der Waals surface area contributed by atoms with Crippen LogP contribution in [0.5, 0.6) is 0 Å². The molecular formula is C32H33ClF2N6O8. The molecule has 3 N–H and O–H groups in total. The Kier molecular flexibility index (Phi) is 14.5. The number of aromatic nitrogens is 2. The second-order valence-electron chi connectivity index (χ2n) is 10.1. The van der Waals surface area contributed by atoms with Gasteiger partial charge in [0.1, 0.15) is 23.0 Å². The van der Waals surface area contributed by atoms with Gasteiger partial charge in [-0.15, -0.1) is 12.4 Å². The van der Waals surface area contributed by atoms with Gasteiger partial charge < -0.3 is 14.3 Å². The number of hydrogen-bond acceptors (Lipinski definition) is 11. The standard InChI is InChI=1S/C16H14FN3O3.C10H12O3.C6H6FN3O2.ClH/c1-3-11-8-15(16-7-4-10(2)23-16)19(18-11)12-5-6-13(17)14(9-12)20(21)22;1-3-8(11)6-9(12)10-5-4-7(2)13-10;7-5-2-1-4(9-8)3-6(5)10(11)12;/h4-9H,3H2,1-2H3;4-5H,3,6H2,1-2H3;1-3,9H,8H2;1H. The number of rotatable bonds is 10. The van der Waals surface area contributed by atoms with Gasteiger partial charge in [0.15, 0.2) is 11.5 Å². The van der Waals surface area contributed by atoms with Gasteiger partial charge in [-0.05, 0) is 74.9 Å². The molecular weight excluding hydrogens is 670 g/mol. The number of halogens is 3. The van der Waals surface area contributed by atoms with Crippen molar-refractivity contribution in [2.24, 2.45) is 5.84 Å². The highest BCUT2D eigenvalue weighted by Crippen LogP contribution is 2.28. The summed E-state index contributed by atoms with van der Waals surface area (Å²) in [5, 5.41) is 25.6. The summed E-state index contributed by atoms with van der Waals surface area (Å²) in [4.78, 5) is 41.8. The van der Waals surface area contributed by atoms with Crippen LogP contribution in [0.3, 0.4) is 0 Å². The third kappa shape index (κ3) is 10.6. The van der Waals surface area contributed by atoms with E-state index in [0.717, 1.165) is 29.7 Å². The Morgan fingerprint density at radius 3 is 1.98 bits per heavy atom. The Labute approximate surface area is 284 Å². The zero-order chi connectivity index (χ0) is 35.5. The molecule has 0 spiro atoms. The molecule has 0 saturated heterocycles. The summed E-state index contributed by atoms with van der Waals surface area (Å²) in [5.41, 5.74) is 3.17. The Bertz CT molecular complexity index is 1940. The van der Waals surface area contributed by atoms with Gasteiger partial charge in [0, 0.05) is 18.6 Å². The van der Waals surface area contributed by atoms with E-state index in [2.05, 4.69) is 10.5 Å². The number of carbonyl (C=O) groups is 2. The van der Waals surface area contributed by atoms with Gasteiger partial charge in [-0.25, -0.2) is 4.68 Å². The Balaban J connectivity index is 0.000000274. The number of benzene rings is 2. The number of nitro benzene ring substituents is 2. The second-order valence-corrected chi connectivity index (χ2v) is 10.1. The molecule has 0 saturated carbocycles. The van der Waals surface area contributed by atoms with Crippen LogP contribution in [-0.2, 0) is 11.2 Å². The first kappa shape index (κ1) is 39.4. The van der Waals surface area contributed by atoms with Gasteiger partial charge >= 0.3 is 11.4 Å². The number of hydrogen-bond donors (Lipinski definition) is 2. The third-order valence-corrected chi connectivity index (χ3v) is 6.56. The quantitative estimate of drug-likeness (QED) is 0.0476. The molecule has 0 aliphatic rings. The highest BCUT2D eigenvalue weighted by molar-refractivity contribution is 6.06. The molecule has 2 aromatic carbocycles. The number of furan rings is 2. The molecule has 49 heavy (non-hydrogen) atoms. The molecule has 260 valence electrons. The molecule has 0 aliphatic carbocycles. The van der Waals surface area contributed by atoms with Crippen LogP contribution in [-0.4, -0.2) is 31.2 Å². The second kappa shape index (κ2) is 18.0. The minimum atomic E-state index is -0.878. The fourth-order valence-electron chi connectivity index (χ4n) is 4.04. The van der Waals surface area contributed by atoms with Crippen LogP contribution in [0.1, 0.15) is 54.5 Å². The number of nitrogens with one attached hydrogen (secondary N) is 1. The monoisotopic (exact) mass is 702 g/mol. The van der Waals surface area contributed by atoms with Gasteiger partial charge in [0.2, 0.25) is 17.4 Å². The lowest BCUT2D eigenvalue weighted by molar-refractivity contribution is -0.387.